The smallest absolute Gasteiger partial charge is 0.335 e. The lowest BCUT2D eigenvalue weighted by molar-refractivity contribution is -0.139. The number of aromatic nitrogens is 2. The first kappa shape index (κ1) is 19.8. The van der Waals surface area contributed by atoms with Gasteiger partial charge < -0.3 is 4.98 Å². The van der Waals surface area contributed by atoms with E-state index >= 15 is 0 Å². The summed E-state index contributed by atoms with van der Waals surface area (Å²) in [5, 5.41) is 0. The molecule has 4 N–H and O–H groups in total. The van der Waals surface area contributed by atoms with E-state index in [2.05, 4.69) is 9.97 Å². The molecule has 2 aromatic rings. The molecule has 0 aliphatic heterocycles. The summed E-state index contributed by atoms with van der Waals surface area (Å²) in [5.41, 5.74) is -0.0815. The zero-order valence-electron chi connectivity index (χ0n) is 12.7. The Morgan fingerprint density at radius 3 is 2.46 bits per heavy atom. The highest BCUT2D eigenvalue weighted by Crippen LogP contribution is 2.33. The molecule has 0 aliphatic carbocycles. The molecule has 0 atom stereocenters. The lowest BCUT2D eigenvalue weighted by Gasteiger charge is -2.14. The molecule has 2 rings (SSSR count). The van der Waals surface area contributed by atoms with Crippen LogP contribution in [0.2, 0.25) is 0 Å². The molecule has 140 valence electrons. The normalized spacial score (nSPS) is 12.0. The highest BCUT2D eigenvalue weighted by molar-refractivity contribution is 7.89. The SMILES string of the molecule is O=C(Cc1cc(=O)[nH]c(=S)[nH]1)NNS(=O)(=O)c1ccccc1C(F)(F)F. The standard InChI is InChI=1S/C13H11F3N4O4S2/c14-13(15,16)8-3-1-2-4-9(8)26(23,24)20-19-11(22)6-7-5-10(21)18-12(25)17-7/h1-5,20H,6H2,(H,19,22)(H2,17,18,21,25). The van der Waals surface area contributed by atoms with Gasteiger partial charge in [0.05, 0.1) is 16.9 Å². The average Bonchev–Trinajstić information content (AvgIpc) is 2.51. The van der Waals surface area contributed by atoms with Gasteiger partial charge in [-0.1, -0.05) is 12.1 Å². The predicted octanol–water partition coefficient (Wildman–Crippen LogP) is 1.00. The van der Waals surface area contributed by atoms with Crippen molar-refractivity contribution in [3.63, 3.8) is 0 Å². The Labute approximate surface area is 149 Å². The Morgan fingerprint density at radius 1 is 1.19 bits per heavy atom. The summed E-state index contributed by atoms with van der Waals surface area (Å²) < 4.78 is 62.8. The van der Waals surface area contributed by atoms with Crippen molar-refractivity contribution in [3.8, 4) is 0 Å². The lowest BCUT2D eigenvalue weighted by Crippen LogP contribution is -2.43. The lowest BCUT2D eigenvalue weighted by atomic mass is 10.2. The maximum absolute atomic E-state index is 12.9. The van der Waals surface area contributed by atoms with Crippen LogP contribution in [-0.2, 0) is 27.4 Å². The summed E-state index contributed by atoms with van der Waals surface area (Å²) in [6.45, 7) is 0. The van der Waals surface area contributed by atoms with Crippen LogP contribution in [0, 0.1) is 4.77 Å². The zero-order chi connectivity index (χ0) is 19.5. The van der Waals surface area contributed by atoms with Gasteiger partial charge in [-0.3, -0.25) is 20.0 Å². The van der Waals surface area contributed by atoms with Gasteiger partial charge in [-0.15, -0.1) is 4.83 Å². The minimum absolute atomic E-state index is 0.0417. The van der Waals surface area contributed by atoms with Crippen molar-refractivity contribution in [2.75, 3.05) is 0 Å². The van der Waals surface area contributed by atoms with Crippen LogP contribution in [0.4, 0.5) is 13.2 Å². The number of hydrogen-bond acceptors (Lipinski definition) is 5. The second-order valence-electron chi connectivity index (χ2n) is 4.94. The van der Waals surface area contributed by atoms with Gasteiger partial charge in [-0.25, -0.2) is 8.42 Å². The van der Waals surface area contributed by atoms with Gasteiger partial charge in [0.2, 0.25) is 5.91 Å². The summed E-state index contributed by atoms with van der Waals surface area (Å²) >= 11 is 4.72. The number of amides is 1. The number of carbonyl (C=O) groups excluding carboxylic acids is 1. The highest BCUT2D eigenvalue weighted by Gasteiger charge is 2.36. The molecule has 1 aromatic carbocycles. The topological polar surface area (TPSA) is 124 Å². The monoisotopic (exact) mass is 408 g/mol. The maximum Gasteiger partial charge on any atom is 0.417 e. The van der Waals surface area contributed by atoms with E-state index in [1.54, 1.807) is 10.3 Å². The second-order valence-corrected chi connectivity index (χ2v) is 7.00. The number of hydrazine groups is 1. The van der Waals surface area contributed by atoms with Crippen LogP contribution in [-0.4, -0.2) is 24.3 Å². The zero-order valence-corrected chi connectivity index (χ0v) is 14.3. The van der Waals surface area contributed by atoms with E-state index in [0.717, 1.165) is 24.3 Å². The van der Waals surface area contributed by atoms with Gasteiger partial charge >= 0.3 is 6.18 Å². The number of carbonyl (C=O) groups is 1. The van der Waals surface area contributed by atoms with Gasteiger partial charge in [-0.05, 0) is 24.4 Å². The van der Waals surface area contributed by atoms with Crippen molar-refractivity contribution in [2.24, 2.45) is 0 Å². The molecule has 26 heavy (non-hydrogen) atoms. The highest BCUT2D eigenvalue weighted by atomic mass is 32.2. The first-order chi connectivity index (χ1) is 12.0. The number of sulfonamides is 1. The third-order valence-corrected chi connectivity index (χ3v) is 4.48. The van der Waals surface area contributed by atoms with Crippen molar-refractivity contribution in [2.45, 2.75) is 17.5 Å². The van der Waals surface area contributed by atoms with Crippen molar-refractivity contribution >= 4 is 28.1 Å². The fourth-order valence-corrected chi connectivity index (χ4v) is 3.27. The number of H-pyrrole nitrogens is 2. The Hall–Kier alpha value is -2.51. The van der Waals surface area contributed by atoms with Gasteiger partial charge in [0.25, 0.3) is 15.6 Å². The number of benzene rings is 1. The largest absolute Gasteiger partial charge is 0.417 e. The van der Waals surface area contributed by atoms with Crippen LogP contribution < -0.4 is 15.8 Å². The summed E-state index contributed by atoms with van der Waals surface area (Å²) in [7, 11) is -4.68. The summed E-state index contributed by atoms with van der Waals surface area (Å²) in [6.07, 6.45) is -5.35. The molecule has 1 amide bonds. The molecule has 0 saturated heterocycles. The molecule has 0 bridgehead atoms. The summed E-state index contributed by atoms with van der Waals surface area (Å²) in [5.74, 6) is -0.922. The predicted molar refractivity (Wildman–Crippen MR) is 85.9 cm³/mol. The van der Waals surface area contributed by atoms with Crippen molar-refractivity contribution in [1.82, 2.24) is 20.2 Å². The van der Waals surface area contributed by atoms with E-state index in [1.807, 2.05) is 0 Å². The molecule has 0 spiro atoms. The van der Waals surface area contributed by atoms with Crippen molar-refractivity contribution in [3.05, 3.63) is 56.7 Å². The molecule has 0 saturated carbocycles. The average molecular weight is 408 g/mol. The molecular weight excluding hydrogens is 397 g/mol. The first-order valence-electron chi connectivity index (χ1n) is 6.78. The molecular formula is C13H11F3N4O4S2. The van der Waals surface area contributed by atoms with Crippen LogP contribution in [0.5, 0.6) is 0 Å². The Kier molecular flexibility index (Phi) is 5.63. The minimum atomic E-state index is -4.89. The number of alkyl halides is 3. The third kappa shape index (κ3) is 5.00. The van der Waals surface area contributed by atoms with E-state index < -0.39 is 44.5 Å². The number of rotatable bonds is 5. The van der Waals surface area contributed by atoms with Crippen LogP contribution in [0.25, 0.3) is 0 Å². The van der Waals surface area contributed by atoms with Gasteiger partial charge in [0, 0.05) is 11.8 Å². The molecule has 0 radical (unpaired) electrons. The van der Waals surface area contributed by atoms with Crippen LogP contribution in [0.1, 0.15) is 11.3 Å². The minimum Gasteiger partial charge on any atom is -0.335 e. The summed E-state index contributed by atoms with van der Waals surface area (Å²) in [6, 6.07) is 4.54. The Morgan fingerprint density at radius 2 is 1.85 bits per heavy atom. The molecule has 0 fully saturated rings. The first-order valence-corrected chi connectivity index (χ1v) is 8.67. The maximum atomic E-state index is 12.9. The van der Waals surface area contributed by atoms with Crippen LogP contribution in [0.3, 0.4) is 0 Å². The number of nitrogens with one attached hydrogen (secondary N) is 4. The summed E-state index contributed by atoms with van der Waals surface area (Å²) in [4.78, 5) is 28.3. The van der Waals surface area contributed by atoms with Gasteiger partial charge in [0.1, 0.15) is 0 Å². The van der Waals surface area contributed by atoms with Crippen molar-refractivity contribution < 1.29 is 26.4 Å². The van der Waals surface area contributed by atoms with E-state index in [0.29, 0.717) is 6.07 Å². The van der Waals surface area contributed by atoms with Crippen molar-refractivity contribution in [1.29, 1.82) is 0 Å². The van der Waals surface area contributed by atoms with Gasteiger partial charge in [-0.2, -0.15) is 13.2 Å². The molecule has 13 heteroatoms. The number of hydrogen-bond donors (Lipinski definition) is 4. The van der Waals surface area contributed by atoms with E-state index in [4.69, 9.17) is 12.2 Å². The number of halogens is 3. The molecule has 1 heterocycles. The quantitative estimate of drug-likeness (QED) is 0.434. The molecule has 0 unspecified atom stereocenters. The Balaban J connectivity index is 2.15. The van der Waals surface area contributed by atoms with Gasteiger partial charge in [0.15, 0.2) is 4.77 Å². The van der Waals surface area contributed by atoms with E-state index in [1.165, 1.54) is 0 Å². The van der Waals surface area contributed by atoms with E-state index in [-0.39, 0.29) is 10.5 Å². The van der Waals surface area contributed by atoms with Crippen LogP contribution >= 0.6 is 12.2 Å². The fourth-order valence-electron chi connectivity index (χ4n) is 1.95. The molecule has 0 aliphatic rings. The van der Waals surface area contributed by atoms with E-state index in [9.17, 15) is 31.2 Å². The Bertz CT molecular complexity index is 1020. The fraction of sp³-hybridized carbons (Fsp3) is 0.154. The molecule has 8 nitrogen and oxygen atoms in total. The molecule has 1 aromatic heterocycles. The third-order valence-electron chi connectivity index (χ3n) is 2.97. The van der Waals surface area contributed by atoms with Crippen LogP contribution in [0.15, 0.2) is 40.0 Å². The number of aromatic amines is 2. The second kappa shape index (κ2) is 7.39.